The summed E-state index contributed by atoms with van der Waals surface area (Å²) in [6.07, 6.45) is 12.7. The molecule has 0 saturated heterocycles. The van der Waals surface area contributed by atoms with Crippen LogP contribution in [0, 0.1) is 0 Å². The third-order valence-corrected chi connectivity index (χ3v) is 12.5. The highest BCUT2D eigenvalue weighted by molar-refractivity contribution is 6.15. The molecule has 0 amide bonds. The molecule has 1 aliphatic rings. The van der Waals surface area contributed by atoms with Gasteiger partial charge in [-0.05, 0) is 132 Å². The maximum Gasteiger partial charge on any atom is 0.0436 e. The standard InChI is InChI=1S/C54H64/c1-10-12-14-16-22-37-32-38(23-17-15-13-11-2)34-41(33-37)54(9)48-35-39(28-30-42(48)43-31-29-40(36-49(43)54)52(3,4)5)50-44-24-18-20-26-46(44)51(53(6,7)8)47-27-21-19-25-45(47)50/h18-21,24-36H,10-17,22-23H2,1-9H3. The third kappa shape index (κ3) is 7.07. The molecule has 0 saturated carbocycles. The van der Waals surface area contributed by atoms with Crippen molar-refractivity contribution in [3.63, 3.8) is 0 Å². The zero-order valence-electron chi connectivity index (χ0n) is 34.9. The topological polar surface area (TPSA) is 0 Å². The number of rotatable bonds is 12. The largest absolute Gasteiger partial charge is 0.0654 e. The molecule has 54 heavy (non-hydrogen) atoms. The number of benzene rings is 6. The highest BCUT2D eigenvalue weighted by Crippen LogP contribution is 2.55. The molecule has 6 aromatic rings. The Morgan fingerprint density at radius 2 is 0.981 bits per heavy atom. The lowest BCUT2D eigenvalue weighted by molar-refractivity contribution is 0.587. The second-order valence-electron chi connectivity index (χ2n) is 18.6. The summed E-state index contributed by atoms with van der Waals surface area (Å²) in [5, 5.41) is 5.42. The van der Waals surface area contributed by atoms with Crippen LogP contribution in [-0.4, -0.2) is 0 Å². The number of unbranched alkanes of at least 4 members (excludes halogenated alkanes) is 6. The molecule has 280 valence electrons. The minimum Gasteiger partial charge on any atom is -0.0654 e. The average molecular weight is 713 g/mol. The summed E-state index contributed by atoms with van der Waals surface area (Å²) in [5.74, 6) is 0. The fourth-order valence-electron chi connectivity index (χ4n) is 9.56. The van der Waals surface area contributed by atoms with Crippen molar-refractivity contribution in [1.29, 1.82) is 0 Å². The Bertz CT molecular complexity index is 2200. The van der Waals surface area contributed by atoms with Crippen LogP contribution < -0.4 is 0 Å². The van der Waals surface area contributed by atoms with Gasteiger partial charge in [-0.1, -0.05) is 191 Å². The molecule has 0 nitrogen and oxygen atoms in total. The van der Waals surface area contributed by atoms with Gasteiger partial charge in [-0.15, -0.1) is 0 Å². The molecule has 0 spiro atoms. The molecule has 0 N–H and O–H groups in total. The fourth-order valence-corrected chi connectivity index (χ4v) is 9.56. The average Bonchev–Trinajstić information content (AvgIpc) is 3.40. The molecular weight excluding hydrogens is 649 g/mol. The van der Waals surface area contributed by atoms with Crippen molar-refractivity contribution in [2.75, 3.05) is 0 Å². The Kier molecular flexibility index (Phi) is 10.7. The molecule has 0 fully saturated rings. The van der Waals surface area contributed by atoms with Crippen molar-refractivity contribution in [2.24, 2.45) is 0 Å². The van der Waals surface area contributed by atoms with Gasteiger partial charge in [0.05, 0.1) is 0 Å². The van der Waals surface area contributed by atoms with Crippen LogP contribution in [0.5, 0.6) is 0 Å². The molecular formula is C54H64. The van der Waals surface area contributed by atoms with Gasteiger partial charge >= 0.3 is 0 Å². The van der Waals surface area contributed by atoms with Crippen LogP contribution in [0.2, 0.25) is 0 Å². The van der Waals surface area contributed by atoms with Crippen molar-refractivity contribution >= 4 is 21.5 Å². The van der Waals surface area contributed by atoms with Crippen molar-refractivity contribution in [1.82, 2.24) is 0 Å². The number of hydrogen-bond donors (Lipinski definition) is 0. The Balaban J connectivity index is 1.48. The second kappa shape index (κ2) is 15.2. The maximum atomic E-state index is 2.60. The molecule has 7 rings (SSSR count). The zero-order chi connectivity index (χ0) is 38.3. The number of hydrogen-bond acceptors (Lipinski definition) is 0. The molecule has 0 heterocycles. The molecule has 0 radical (unpaired) electrons. The summed E-state index contributed by atoms with van der Waals surface area (Å²) in [6.45, 7) is 21.3. The van der Waals surface area contributed by atoms with E-state index in [0.29, 0.717) is 0 Å². The summed E-state index contributed by atoms with van der Waals surface area (Å²) in [4.78, 5) is 0. The van der Waals surface area contributed by atoms with E-state index in [4.69, 9.17) is 0 Å². The lowest BCUT2D eigenvalue weighted by atomic mass is 9.71. The summed E-state index contributed by atoms with van der Waals surface area (Å²) in [6, 6.07) is 40.9. The van der Waals surface area contributed by atoms with E-state index in [0.717, 1.165) is 12.8 Å². The SMILES string of the molecule is CCCCCCc1cc(CCCCCC)cc(C2(C)c3cc(-c4c5ccccc5c(C(C)(C)C)c5ccccc45)ccc3-c3ccc(C(C)(C)C)cc32)c1. The van der Waals surface area contributed by atoms with E-state index in [1.54, 1.807) is 0 Å². The Hall–Kier alpha value is -4.16. The van der Waals surface area contributed by atoms with Gasteiger partial charge in [-0.3, -0.25) is 0 Å². The molecule has 0 aromatic heterocycles. The Morgan fingerprint density at radius 3 is 1.48 bits per heavy atom. The van der Waals surface area contributed by atoms with Crippen molar-refractivity contribution in [3.8, 4) is 22.3 Å². The lowest BCUT2D eigenvalue weighted by Gasteiger charge is -2.31. The van der Waals surface area contributed by atoms with Crippen LogP contribution in [-0.2, 0) is 29.1 Å². The smallest absolute Gasteiger partial charge is 0.0436 e. The lowest BCUT2D eigenvalue weighted by Crippen LogP contribution is -2.24. The van der Waals surface area contributed by atoms with Gasteiger partial charge in [0.25, 0.3) is 0 Å². The molecule has 0 aliphatic heterocycles. The normalized spacial score (nSPS) is 15.6. The first-order chi connectivity index (χ1) is 25.9. The van der Waals surface area contributed by atoms with Crippen LogP contribution in [0.25, 0.3) is 43.8 Å². The summed E-state index contributed by atoms with van der Waals surface area (Å²) < 4.78 is 0. The number of aryl methyl sites for hydroxylation is 2. The first-order valence-corrected chi connectivity index (χ1v) is 21.2. The van der Waals surface area contributed by atoms with E-state index in [-0.39, 0.29) is 16.2 Å². The highest BCUT2D eigenvalue weighted by atomic mass is 14.4. The molecule has 1 unspecified atom stereocenters. The predicted molar refractivity (Wildman–Crippen MR) is 237 cm³/mol. The van der Waals surface area contributed by atoms with Gasteiger partial charge in [0, 0.05) is 5.41 Å². The molecule has 0 bridgehead atoms. The van der Waals surface area contributed by atoms with E-state index in [1.807, 2.05) is 0 Å². The van der Waals surface area contributed by atoms with Crippen molar-refractivity contribution in [2.45, 2.75) is 143 Å². The van der Waals surface area contributed by atoms with Gasteiger partial charge < -0.3 is 0 Å². The zero-order valence-corrected chi connectivity index (χ0v) is 34.9. The summed E-state index contributed by atoms with van der Waals surface area (Å²) >= 11 is 0. The van der Waals surface area contributed by atoms with Crippen LogP contribution >= 0.6 is 0 Å². The van der Waals surface area contributed by atoms with Gasteiger partial charge in [0.2, 0.25) is 0 Å². The van der Waals surface area contributed by atoms with E-state index in [2.05, 4.69) is 165 Å². The molecule has 0 heteroatoms. The summed E-state index contributed by atoms with van der Waals surface area (Å²) in [5.41, 5.74) is 15.5. The molecule has 1 atom stereocenters. The van der Waals surface area contributed by atoms with Crippen molar-refractivity contribution in [3.05, 3.63) is 142 Å². The van der Waals surface area contributed by atoms with E-state index < -0.39 is 0 Å². The maximum absolute atomic E-state index is 2.60. The van der Waals surface area contributed by atoms with Crippen LogP contribution in [0.3, 0.4) is 0 Å². The first-order valence-electron chi connectivity index (χ1n) is 21.2. The van der Waals surface area contributed by atoms with E-state index >= 15 is 0 Å². The second-order valence-corrected chi connectivity index (χ2v) is 18.6. The predicted octanol–water partition coefficient (Wildman–Crippen LogP) is 15.8. The highest BCUT2D eigenvalue weighted by Gasteiger charge is 2.42. The van der Waals surface area contributed by atoms with Crippen molar-refractivity contribution < 1.29 is 0 Å². The Morgan fingerprint density at radius 1 is 0.481 bits per heavy atom. The fraction of sp³-hybridized carbons (Fsp3) is 0.407. The minimum atomic E-state index is -0.281. The molecule has 1 aliphatic carbocycles. The van der Waals surface area contributed by atoms with Crippen LogP contribution in [0.1, 0.15) is 153 Å². The van der Waals surface area contributed by atoms with Gasteiger partial charge in [-0.2, -0.15) is 0 Å². The third-order valence-electron chi connectivity index (χ3n) is 12.5. The van der Waals surface area contributed by atoms with Crippen LogP contribution in [0.4, 0.5) is 0 Å². The van der Waals surface area contributed by atoms with E-state index in [1.165, 1.54) is 134 Å². The first kappa shape index (κ1) is 38.1. The van der Waals surface area contributed by atoms with E-state index in [9.17, 15) is 0 Å². The Labute approximate surface area is 327 Å². The van der Waals surface area contributed by atoms with Crippen LogP contribution in [0.15, 0.2) is 103 Å². The van der Waals surface area contributed by atoms with Gasteiger partial charge in [-0.25, -0.2) is 0 Å². The quantitative estimate of drug-likeness (QED) is 0.0875. The van der Waals surface area contributed by atoms with Gasteiger partial charge in [0.1, 0.15) is 0 Å². The van der Waals surface area contributed by atoms with Gasteiger partial charge in [0.15, 0.2) is 0 Å². The molecule has 6 aromatic carbocycles. The summed E-state index contributed by atoms with van der Waals surface area (Å²) in [7, 11) is 0. The number of fused-ring (bicyclic) bond motifs is 5. The minimum absolute atomic E-state index is 0.0104. The monoisotopic (exact) mass is 713 g/mol.